The summed E-state index contributed by atoms with van der Waals surface area (Å²) < 4.78 is 7.06. The van der Waals surface area contributed by atoms with E-state index in [1.165, 1.54) is 0 Å². The van der Waals surface area contributed by atoms with Gasteiger partial charge < -0.3 is 14.6 Å². The van der Waals surface area contributed by atoms with Crippen LogP contribution in [0.5, 0.6) is 5.75 Å². The molecule has 0 aliphatic rings. The van der Waals surface area contributed by atoms with Gasteiger partial charge in [0.1, 0.15) is 17.0 Å². The molecule has 0 saturated heterocycles. The summed E-state index contributed by atoms with van der Waals surface area (Å²) in [7, 11) is 1.59. The summed E-state index contributed by atoms with van der Waals surface area (Å²) in [4.78, 5) is 30.2. The molecule has 6 heteroatoms. The number of fused-ring (bicyclic) bond motifs is 1. The fourth-order valence-corrected chi connectivity index (χ4v) is 3.03. The van der Waals surface area contributed by atoms with Crippen molar-refractivity contribution in [3.8, 4) is 5.75 Å². The fourth-order valence-electron chi connectivity index (χ4n) is 3.03. The van der Waals surface area contributed by atoms with Crippen LogP contribution in [0.25, 0.3) is 11.0 Å². The Bertz CT molecular complexity index is 1070. The first-order valence-electron chi connectivity index (χ1n) is 8.91. The van der Waals surface area contributed by atoms with Crippen molar-refractivity contribution in [2.24, 2.45) is 0 Å². The summed E-state index contributed by atoms with van der Waals surface area (Å²) in [6.45, 7) is 6.48. The number of nitrogens with one attached hydrogen (secondary N) is 1. The Morgan fingerprint density at radius 3 is 2.67 bits per heavy atom. The van der Waals surface area contributed by atoms with Crippen molar-refractivity contribution >= 4 is 22.6 Å². The number of methoxy groups -OCH3 is 1. The molecule has 0 fully saturated rings. The molecule has 27 heavy (non-hydrogen) atoms. The smallest absolute Gasteiger partial charge is 0.261 e. The van der Waals surface area contributed by atoms with E-state index in [4.69, 9.17) is 4.74 Å². The third-order valence-electron chi connectivity index (χ3n) is 4.45. The molecule has 1 N–H and O–H groups in total. The largest absolute Gasteiger partial charge is 0.497 e. The average Bonchev–Trinajstić information content (AvgIpc) is 2.65. The van der Waals surface area contributed by atoms with E-state index in [0.717, 1.165) is 17.7 Å². The number of aromatic nitrogens is 2. The second-order valence-corrected chi connectivity index (χ2v) is 6.52. The Hall–Kier alpha value is -3.15. The van der Waals surface area contributed by atoms with Crippen molar-refractivity contribution in [3.05, 3.63) is 63.6 Å². The summed E-state index contributed by atoms with van der Waals surface area (Å²) >= 11 is 0. The Kier molecular flexibility index (Phi) is 5.26. The number of amides is 1. The van der Waals surface area contributed by atoms with Crippen molar-refractivity contribution in [3.63, 3.8) is 0 Å². The number of hydrogen-bond acceptors (Lipinski definition) is 4. The Morgan fingerprint density at radius 1 is 1.22 bits per heavy atom. The van der Waals surface area contributed by atoms with Gasteiger partial charge in [-0.05, 0) is 56.2 Å². The van der Waals surface area contributed by atoms with Crippen LogP contribution in [0.15, 0.2) is 41.3 Å². The van der Waals surface area contributed by atoms with Gasteiger partial charge in [-0.3, -0.25) is 9.59 Å². The van der Waals surface area contributed by atoms with Crippen LogP contribution in [-0.4, -0.2) is 22.6 Å². The van der Waals surface area contributed by atoms with Crippen molar-refractivity contribution < 1.29 is 9.53 Å². The molecular formula is C21H23N3O3. The van der Waals surface area contributed by atoms with E-state index in [0.29, 0.717) is 29.0 Å². The standard InChI is InChI=1S/C21H23N3O3/c1-5-10-24-12-17(19(25)16-8-6-14(3)22-20(16)24)21(26)23-18-9-7-15(27-4)11-13(18)2/h6-9,11-12H,5,10H2,1-4H3,(H,23,26). The molecule has 0 aliphatic carbocycles. The third-order valence-corrected chi connectivity index (χ3v) is 4.45. The molecule has 0 bridgehead atoms. The van der Waals surface area contributed by atoms with Gasteiger partial charge in [0.25, 0.3) is 5.91 Å². The maximum Gasteiger partial charge on any atom is 0.261 e. The molecule has 3 aromatic rings. The van der Waals surface area contributed by atoms with E-state index in [1.807, 2.05) is 31.4 Å². The Labute approximate surface area is 157 Å². The minimum atomic E-state index is -0.430. The van der Waals surface area contributed by atoms with Gasteiger partial charge in [-0.2, -0.15) is 0 Å². The highest BCUT2D eigenvalue weighted by molar-refractivity contribution is 6.06. The second-order valence-electron chi connectivity index (χ2n) is 6.52. The quantitative estimate of drug-likeness (QED) is 0.748. The first kappa shape index (κ1) is 18.6. The van der Waals surface area contributed by atoms with Crippen LogP contribution in [0, 0.1) is 13.8 Å². The number of hydrogen-bond donors (Lipinski definition) is 1. The van der Waals surface area contributed by atoms with Crippen LogP contribution >= 0.6 is 0 Å². The molecular weight excluding hydrogens is 342 g/mol. The van der Waals surface area contributed by atoms with Gasteiger partial charge in [0, 0.05) is 24.1 Å². The van der Waals surface area contributed by atoms with E-state index in [-0.39, 0.29) is 11.0 Å². The van der Waals surface area contributed by atoms with Crippen LogP contribution in [0.1, 0.15) is 35.0 Å². The van der Waals surface area contributed by atoms with Crippen molar-refractivity contribution in [2.75, 3.05) is 12.4 Å². The highest BCUT2D eigenvalue weighted by Crippen LogP contribution is 2.21. The van der Waals surface area contributed by atoms with Crippen molar-refractivity contribution in [1.82, 2.24) is 9.55 Å². The molecule has 0 aliphatic heterocycles. The average molecular weight is 365 g/mol. The molecule has 1 amide bonds. The minimum absolute atomic E-state index is 0.108. The molecule has 0 spiro atoms. The zero-order valence-corrected chi connectivity index (χ0v) is 16.0. The van der Waals surface area contributed by atoms with Crippen LogP contribution in [0.3, 0.4) is 0 Å². The van der Waals surface area contributed by atoms with E-state index in [1.54, 1.807) is 37.6 Å². The second kappa shape index (κ2) is 7.61. The van der Waals surface area contributed by atoms with Crippen LogP contribution in [0.2, 0.25) is 0 Å². The number of pyridine rings is 2. The molecule has 6 nitrogen and oxygen atoms in total. The van der Waals surface area contributed by atoms with Gasteiger partial charge in [0.15, 0.2) is 0 Å². The number of aryl methyl sites for hydroxylation is 3. The molecule has 0 unspecified atom stereocenters. The lowest BCUT2D eigenvalue weighted by Crippen LogP contribution is -2.24. The van der Waals surface area contributed by atoms with Gasteiger partial charge in [0.2, 0.25) is 5.43 Å². The fraction of sp³-hybridized carbons (Fsp3) is 0.286. The van der Waals surface area contributed by atoms with E-state index in [2.05, 4.69) is 10.3 Å². The number of benzene rings is 1. The molecule has 3 rings (SSSR count). The topological polar surface area (TPSA) is 73.2 Å². The molecule has 0 radical (unpaired) electrons. The minimum Gasteiger partial charge on any atom is -0.497 e. The third kappa shape index (κ3) is 3.69. The number of nitrogens with zero attached hydrogens (tertiary/aromatic N) is 2. The summed E-state index contributed by atoms with van der Waals surface area (Å²) in [6.07, 6.45) is 2.47. The van der Waals surface area contributed by atoms with Crippen molar-refractivity contribution in [2.45, 2.75) is 33.7 Å². The van der Waals surface area contributed by atoms with Gasteiger partial charge in [-0.25, -0.2) is 4.98 Å². The first-order valence-corrected chi connectivity index (χ1v) is 8.91. The number of anilines is 1. The normalized spacial score (nSPS) is 10.8. The van der Waals surface area contributed by atoms with Gasteiger partial charge in [0.05, 0.1) is 12.5 Å². The predicted octanol–water partition coefficient (Wildman–Crippen LogP) is 3.68. The molecule has 2 heterocycles. The lowest BCUT2D eigenvalue weighted by Gasteiger charge is -2.13. The summed E-state index contributed by atoms with van der Waals surface area (Å²) in [5, 5.41) is 3.29. The van der Waals surface area contributed by atoms with Crippen LogP contribution in [0.4, 0.5) is 5.69 Å². The summed E-state index contributed by atoms with van der Waals surface area (Å²) in [5.41, 5.74) is 2.74. The Morgan fingerprint density at radius 2 is 2.00 bits per heavy atom. The highest BCUT2D eigenvalue weighted by Gasteiger charge is 2.17. The first-order chi connectivity index (χ1) is 12.9. The molecule has 1 aromatic carbocycles. The lowest BCUT2D eigenvalue weighted by molar-refractivity contribution is 0.102. The SMILES string of the molecule is CCCn1cc(C(=O)Nc2ccc(OC)cc2C)c(=O)c2ccc(C)nc21. The molecule has 2 aromatic heterocycles. The zero-order chi connectivity index (χ0) is 19.6. The van der Waals surface area contributed by atoms with Crippen LogP contribution in [-0.2, 0) is 6.54 Å². The van der Waals surface area contributed by atoms with Crippen LogP contribution < -0.4 is 15.5 Å². The van der Waals surface area contributed by atoms with Gasteiger partial charge in [-0.1, -0.05) is 6.92 Å². The number of carbonyl (C=O) groups is 1. The molecule has 140 valence electrons. The Balaban J connectivity index is 2.05. The maximum atomic E-state index is 12.9. The zero-order valence-electron chi connectivity index (χ0n) is 16.0. The highest BCUT2D eigenvalue weighted by atomic mass is 16.5. The van der Waals surface area contributed by atoms with Gasteiger partial charge in [-0.15, -0.1) is 0 Å². The monoisotopic (exact) mass is 365 g/mol. The lowest BCUT2D eigenvalue weighted by atomic mass is 10.1. The number of rotatable bonds is 5. The van der Waals surface area contributed by atoms with Crippen molar-refractivity contribution in [1.29, 1.82) is 0 Å². The van der Waals surface area contributed by atoms with E-state index in [9.17, 15) is 9.59 Å². The molecule has 0 saturated carbocycles. The van der Waals surface area contributed by atoms with E-state index < -0.39 is 5.91 Å². The maximum absolute atomic E-state index is 12.9. The predicted molar refractivity (Wildman–Crippen MR) is 107 cm³/mol. The van der Waals surface area contributed by atoms with Gasteiger partial charge >= 0.3 is 0 Å². The summed E-state index contributed by atoms with van der Waals surface area (Å²) in [5.74, 6) is 0.281. The molecule has 0 atom stereocenters. The number of carbonyl (C=O) groups excluding carboxylic acids is 1. The number of ether oxygens (including phenoxy) is 1. The van der Waals surface area contributed by atoms with E-state index >= 15 is 0 Å². The summed E-state index contributed by atoms with van der Waals surface area (Å²) in [6, 6.07) is 8.89.